The Morgan fingerprint density at radius 3 is 2.88 bits per heavy atom. The molecule has 0 aliphatic carbocycles. The average molecular weight is 259 g/mol. The van der Waals surface area contributed by atoms with E-state index in [9.17, 15) is 0 Å². The summed E-state index contributed by atoms with van der Waals surface area (Å²) in [7, 11) is 1.88. The monoisotopic (exact) mass is 258 g/mol. The predicted molar refractivity (Wildman–Crippen MR) is 67.2 cm³/mol. The molecule has 2 rings (SSSR count). The van der Waals surface area contributed by atoms with Gasteiger partial charge in [-0.05, 0) is 0 Å². The molecule has 0 aromatic carbocycles. The van der Waals surface area contributed by atoms with Gasteiger partial charge in [-0.15, -0.1) is 0 Å². The number of aromatic nitrogens is 2. The van der Waals surface area contributed by atoms with Crippen molar-refractivity contribution >= 4 is 11.6 Å². The van der Waals surface area contributed by atoms with Gasteiger partial charge in [-0.2, -0.15) is 5.10 Å². The molecule has 0 unspecified atom stereocenters. The molecule has 17 heavy (non-hydrogen) atoms. The Bertz CT molecular complexity index is 349. The average Bonchev–Trinajstić information content (AvgIpc) is 2.65. The van der Waals surface area contributed by atoms with E-state index in [0.29, 0.717) is 0 Å². The van der Waals surface area contributed by atoms with Crippen LogP contribution in [0.2, 0.25) is 5.02 Å². The molecule has 1 N–H and O–H groups in total. The molecule has 0 saturated carbocycles. The van der Waals surface area contributed by atoms with E-state index >= 15 is 0 Å². The first-order valence-electron chi connectivity index (χ1n) is 5.94. The van der Waals surface area contributed by atoms with Crippen LogP contribution in [0.15, 0.2) is 6.20 Å². The molecule has 1 aromatic heterocycles. The normalized spacial score (nSPS) is 17.5. The second-order valence-corrected chi connectivity index (χ2v) is 4.64. The molecule has 1 aliphatic rings. The molecule has 2 heterocycles. The van der Waals surface area contributed by atoms with E-state index in [2.05, 4.69) is 15.3 Å². The fraction of sp³-hybridized carbons (Fsp3) is 0.727. The van der Waals surface area contributed by atoms with Gasteiger partial charge in [0.2, 0.25) is 0 Å². The third kappa shape index (κ3) is 3.96. The molecule has 1 aliphatic heterocycles. The van der Waals surface area contributed by atoms with Crippen molar-refractivity contribution in [2.75, 3.05) is 39.4 Å². The van der Waals surface area contributed by atoms with Crippen LogP contribution in [0.3, 0.4) is 0 Å². The molecular weight excluding hydrogens is 240 g/mol. The Morgan fingerprint density at radius 1 is 1.47 bits per heavy atom. The number of nitrogens with zero attached hydrogens (tertiary/aromatic N) is 3. The van der Waals surface area contributed by atoms with E-state index in [4.69, 9.17) is 16.3 Å². The molecule has 6 heteroatoms. The molecule has 1 aromatic rings. The van der Waals surface area contributed by atoms with Crippen LogP contribution in [0.25, 0.3) is 0 Å². The van der Waals surface area contributed by atoms with Crippen LogP contribution >= 0.6 is 11.6 Å². The van der Waals surface area contributed by atoms with Crippen LogP contribution in [0.1, 0.15) is 5.69 Å². The molecule has 1 fully saturated rings. The largest absolute Gasteiger partial charge is 0.379 e. The number of halogens is 1. The lowest BCUT2D eigenvalue weighted by molar-refractivity contribution is 0.0384. The summed E-state index contributed by atoms with van der Waals surface area (Å²) in [6.45, 7) is 6.50. The van der Waals surface area contributed by atoms with Crippen LogP contribution in [0, 0.1) is 0 Å². The Hall–Kier alpha value is -0.620. The zero-order valence-corrected chi connectivity index (χ0v) is 10.9. The maximum absolute atomic E-state index is 6.02. The lowest BCUT2D eigenvalue weighted by Gasteiger charge is -2.26. The van der Waals surface area contributed by atoms with Gasteiger partial charge in [0.1, 0.15) is 0 Å². The number of hydrogen-bond donors (Lipinski definition) is 1. The minimum Gasteiger partial charge on any atom is -0.379 e. The zero-order valence-electron chi connectivity index (χ0n) is 10.2. The Kier molecular flexibility index (Phi) is 4.79. The van der Waals surface area contributed by atoms with E-state index in [1.54, 1.807) is 4.68 Å². The molecule has 0 atom stereocenters. The Balaban J connectivity index is 1.64. The van der Waals surface area contributed by atoms with Crippen molar-refractivity contribution in [2.24, 2.45) is 7.05 Å². The molecule has 5 nitrogen and oxygen atoms in total. The maximum Gasteiger partial charge on any atom is 0.0948 e. The smallest absolute Gasteiger partial charge is 0.0948 e. The number of nitrogens with one attached hydrogen (secondary N) is 1. The molecule has 1 saturated heterocycles. The second kappa shape index (κ2) is 6.35. The third-order valence-corrected chi connectivity index (χ3v) is 3.17. The minimum absolute atomic E-state index is 0.726. The minimum atomic E-state index is 0.726. The molecule has 96 valence electrons. The van der Waals surface area contributed by atoms with Crippen LogP contribution < -0.4 is 5.32 Å². The van der Waals surface area contributed by atoms with Crippen molar-refractivity contribution in [2.45, 2.75) is 6.54 Å². The van der Waals surface area contributed by atoms with E-state index in [1.807, 2.05) is 13.2 Å². The van der Waals surface area contributed by atoms with Gasteiger partial charge in [0.25, 0.3) is 0 Å². The van der Waals surface area contributed by atoms with Gasteiger partial charge < -0.3 is 10.1 Å². The van der Waals surface area contributed by atoms with E-state index < -0.39 is 0 Å². The van der Waals surface area contributed by atoms with Crippen LogP contribution in [-0.2, 0) is 18.3 Å². The zero-order chi connectivity index (χ0) is 12.1. The molecule has 0 spiro atoms. The van der Waals surface area contributed by atoms with Gasteiger partial charge in [0.15, 0.2) is 0 Å². The van der Waals surface area contributed by atoms with Crippen molar-refractivity contribution in [1.29, 1.82) is 0 Å². The number of morpholine rings is 1. The summed E-state index contributed by atoms with van der Waals surface area (Å²) in [4.78, 5) is 2.40. The summed E-state index contributed by atoms with van der Waals surface area (Å²) in [5.74, 6) is 0. The fourth-order valence-electron chi connectivity index (χ4n) is 1.89. The van der Waals surface area contributed by atoms with Crippen LogP contribution in [0.5, 0.6) is 0 Å². The highest BCUT2D eigenvalue weighted by atomic mass is 35.5. The summed E-state index contributed by atoms with van der Waals surface area (Å²) in [5, 5.41) is 8.37. The van der Waals surface area contributed by atoms with Crippen molar-refractivity contribution < 1.29 is 4.74 Å². The lowest BCUT2D eigenvalue weighted by Crippen LogP contribution is -2.40. The van der Waals surface area contributed by atoms with Gasteiger partial charge >= 0.3 is 0 Å². The van der Waals surface area contributed by atoms with E-state index in [1.165, 1.54) is 0 Å². The summed E-state index contributed by atoms with van der Waals surface area (Å²) in [6, 6.07) is 0. The Labute approximate surface area is 107 Å². The van der Waals surface area contributed by atoms with Crippen LogP contribution in [0.4, 0.5) is 0 Å². The van der Waals surface area contributed by atoms with E-state index in [-0.39, 0.29) is 0 Å². The quantitative estimate of drug-likeness (QED) is 0.781. The predicted octanol–water partition coefficient (Wildman–Crippen LogP) is 0.495. The number of rotatable bonds is 5. The summed E-state index contributed by atoms with van der Waals surface area (Å²) in [6.07, 6.45) is 1.82. The third-order valence-electron chi connectivity index (χ3n) is 2.86. The summed E-state index contributed by atoms with van der Waals surface area (Å²) in [5.41, 5.74) is 0.913. The number of hydrogen-bond acceptors (Lipinski definition) is 4. The first-order chi connectivity index (χ1) is 8.25. The van der Waals surface area contributed by atoms with Gasteiger partial charge in [-0.25, -0.2) is 0 Å². The van der Waals surface area contributed by atoms with E-state index in [0.717, 1.165) is 56.7 Å². The number of ether oxygens (including phenoxy) is 1. The van der Waals surface area contributed by atoms with Gasteiger partial charge in [0, 0.05) is 46.0 Å². The summed E-state index contributed by atoms with van der Waals surface area (Å²) < 4.78 is 7.04. The van der Waals surface area contributed by atoms with Crippen LogP contribution in [-0.4, -0.2) is 54.1 Å². The summed E-state index contributed by atoms with van der Waals surface area (Å²) >= 11 is 6.02. The number of aryl methyl sites for hydroxylation is 1. The highest BCUT2D eigenvalue weighted by Gasteiger charge is 2.09. The SMILES string of the molecule is Cn1cc(Cl)c(CNCCN2CCOCC2)n1. The maximum atomic E-state index is 6.02. The molecule has 0 amide bonds. The van der Waals surface area contributed by atoms with Crippen molar-refractivity contribution in [3.63, 3.8) is 0 Å². The van der Waals surface area contributed by atoms with Crippen molar-refractivity contribution in [1.82, 2.24) is 20.0 Å². The first-order valence-corrected chi connectivity index (χ1v) is 6.32. The van der Waals surface area contributed by atoms with Gasteiger partial charge in [-0.3, -0.25) is 9.58 Å². The van der Waals surface area contributed by atoms with Crippen molar-refractivity contribution in [3.05, 3.63) is 16.9 Å². The second-order valence-electron chi connectivity index (χ2n) is 4.23. The van der Waals surface area contributed by atoms with Crippen molar-refractivity contribution in [3.8, 4) is 0 Å². The highest BCUT2D eigenvalue weighted by molar-refractivity contribution is 6.31. The first kappa shape index (κ1) is 12.8. The standard InChI is InChI=1S/C11H19ClN4O/c1-15-9-10(12)11(14-15)8-13-2-3-16-4-6-17-7-5-16/h9,13H,2-8H2,1H3. The fourth-order valence-corrected chi connectivity index (χ4v) is 2.14. The molecular formula is C11H19ClN4O. The lowest BCUT2D eigenvalue weighted by atomic mass is 10.4. The Morgan fingerprint density at radius 2 is 2.24 bits per heavy atom. The van der Waals surface area contributed by atoms with Gasteiger partial charge in [0.05, 0.1) is 23.9 Å². The molecule has 0 radical (unpaired) electrons. The topological polar surface area (TPSA) is 42.3 Å². The molecule has 0 bridgehead atoms. The highest BCUT2D eigenvalue weighted by Crippen LogP contribution is 2.12. The van der Waals surface area contributed by atoms with Gasteiger partial charge in [-0.1, -0.05) is 11.6 Å².